The van der Waals surface area contributed by atoms with Crippen LogP contribution in [0.2, 0.25) is 0 Å². The van der Waals surface area contributed by atoms with Crippen LogP contribution in [0.5, 0.6) is 5.75 Å². The van der Waals surface area contributed by atoms with Crippen molar-refractivity contribution < 1.29 is 23.9 Å². The van der Waals surface area contributed by atoms with Crippen LogP contribution in [-0.2, 0) is 22.6 Å². The number of pyridine rings is 1. The summed E-state index contributed by atoms with van der Waals surface area (Å²) in [5.41, 5.74) is 1.98. The number of ether oxygens (including phenoxy) is 1. The van der Waals surface area contributed by atoms with Crippen LogP contribution in [0.3, 0.4) is 0 Å². The zero-order chi connectivity index (χ0) is 30.3. The second-order valence-corrected chi connectivity index (χ2v) is 12.9. The number of likely N-dealkylation sites (tertiary alicyclic amines) is 1. The lowest BCUT2D eigenvalue weighted by Crippen LogP contribution is -2.45. The molecule has 0 unspecified atom stereocenters. The molecule has 0 aliphatic carbocycles. The Hall–Kier alpha value is -3.17. The molecule has 2 aromatic rings. The minimum Gasteiger partial charge on any atom is -0.493 e. The Labute approximate surface area is 250 Å². The molecule has 1 aromatic carbocycles. The number of fused-ring (bicyclic) bond motifs is 1. The molecule has 1 saturated heterocycles. The van der Waals surface area contributed by atoms with E-state index in [-0.39, 0.29) is 30.0 Å². The topological polar surface area (TPSA) is 92.1 Å². The van der Waals surface area contributed by atoms with Crippen LogP contribution in [0.1, 0.15) is 56.1 Å². The molecular weight excluding hydrogens is 532 g/mol. The van der Waals surface area contributed by atoms with Gasteiger partial charge in [-0.1, -0.05) is 31.5 Å². The molecule has 3 heterocycles. The molecule has 0 saturated carbocycles. The number of benzene rings is 1. The molecule has 2 aliphatic heterocycles. The fourth-order valence-corrected chi connectivity index (χ4v) is 6.42. The average Bonchev–Trinajstić information content (AvgIpc) is 3.55. The number of carboxylic acid groups (broad SMARTS) is 1. The highest BCUT2D eigenvalue weighted by molar-refractivity contribution is 5.79. The first-order chi connectivity index (χ1) is 20.1. The number of hydrogen-bond acceptors (Lipinski definition) is 5. The minimum absolute atomic E-state index is 0.0581. The number of carbonyl (C=O) groups excluding carboxylic acids is 1. The third kappa shape index (κ3) is 8.22. The number of aliphatic carboxylic acids is 1. The summed E-state index contributed by atoms with van der Waals surface area (Å²) in [4.78, 5) is 43.1. The standard InChI is InChI=1S/C33H48N4O5/c1-5-6-16-34(18-9-10-20-37(2,3)4)31(39)24-36-23-27(25-12-13-29-26(22-25)15-21-42-29)32(33(40)41)28(36)14-19-35-17-8-7-11-30(35)38/h7-8,11-13,17,22,27-28,32H,5-6,9-10,14-16,18-21,23-24H2,1-4H3/p+1/t27-,28+,32-/m1/s1. The molecule has 3 atom stereocenters. The van der Waals surface area contributed by atoms with Crippen LogP contribution >= 0.6 is 0 Å². The van der Waals surface area contributed by atoms with E-state index in [1.165, 1.54) is 6.07 Å². The van der Waals surface area contributed by atoms with E-state index < -0.39 is 11.9 Å². The van der Waals surface area contributed by atoms with E-state index in [1.807, 2.05) is 23.1 Å². The van der Waals surface area contributed by atoms with E-state index >= 15 is 0 Å². The molecule has 0 bridgehead atoms. The highest BCUT2D eigenvalue weighted by atomic mass is 16.5. The van der Waals surface area contributed by atoms with Gasteiger partial charge in [0.1, 0.15) is 5.75 Å². The van der Waals surface area contributed by atoms with Crippen molar-refractivity contribution >= 4 is 11.9 Å². The van der Waals surface area contributed by atoms with Gasteiger partial charge in [-0.2, -0.15) is 0 Å². The Balaban J connectivity index is 1.56. The van der Waals surface area contributed by atoms with Crippen molar-refractivity contribution in [2.24, 2.45) is 5.92 Å². The van der Waals surface area contributed by atoms with Crippen LogP contribution < -0.4 is 10.3 Å². The van der Waals surface area contributed by atoms with Gasteiger partial charge in [-0.05, 0) is 48.9 Å². The van der Waals surface area contributed by atoms with Gasteiger partial charge in [0, 0.05) is 56.8 Å². The maximum atomic E-state index is 13.8. The molecule has 9 nitrogen and oxygen atoms in total. The van der Waals surface area contributed by atoms with Crippen LogP contribution in [0.15, 0.2) is 47.4 Å². The first-order valence-corrected chi connectivity index (χ1v) is 15.5. The Morgan fingerprint density at radius 3 is 2.60 bits per heavy atom. The molecule has 1 amide bonds. The SMILES string of the molecule is CCCCN(CCCC[N+](C)(C)C)C(=O)CN1C[C@H](c2ccc3c(c2)CCO3)[C@@H](C(=O)O)[C@@H]1CCn1ccccc1=O. The first kappa shape index (κ1) is 31.8. The fraction of sp³-hybridized carbons (Fsp3) is 0.606. The lowest BCUT2D eigenvalue weighted by atomic mass is 9.83. The van der Waals surface area contributed by atoms with Crippen LogP contribution in [0.4, 0.5) is 0 Å². The number of quaternary nitrogens is 1. The summed E-state index contributed by atoms with van der Waals surface area (Å²) in [6.07, 6.45) is 6.97. The molecule has 4 rings (SSSR count). The number of nitrogens with zero attached hydrogens (tertiary/aromatic N) is 4. The van der Waals surface area contributed by atoms with E-state index in [2.05, 4.69) is 39.0 Å². The highest BCUT2D eigenvalue weighted by Gasteiger charge is 2.47. The second kappa shape index (κ2) is 14.3. The maximum Gasteiger partial charge on any atom is 0.308 e. The molecular formula is C33H49N4O5+. The smallest absolute Gasteiger partial charge is 0.308 e. The third-order valence-electron chi connectivity index (χ3n) is 8.72. The van der Waals surface area contributed by atoms with Gasteiger partial charge in [-0.3, -0.25) is 19.3 Å². The van der Waals surface area contributed by atoms with Crippen molar-refractivity contribution in [3.05, 3.63) is 64.1 Å². The molecule has 9 heteroatoms. The number of amides is 1. The van der Waals surface area contributed by atoms with E-state index in [0.29, 0.717) is 39.2 Å². The van der Waals surface area contributed by atoms with Crippen molar-refractivity contribution in [1.29, 1.82) is 0 Å². The van der Waals surface area contributed by atoms with Crippen molar-refractivity contribution in [3.8, 4) is 5.75 Å². The zero-order valence-electron chi connectivity index (χ0n) is 25.8. The average molecular weight is 582 g/mol. The molecule has 1 N–H and O–H groups in total. The summed E-state index contributed by atoms with van der Waals surface area (Å²) >= 11 is 0. The van der Waals surface area contributed by atoms with Crippen molar-refractivity contribution in [2.75, 3.05) is 60.5 Å². The Kier molecular flexibility index (Phi) is 10.8. The lowest BCUT2D eigenvalue weighted by molar-refractivity contribution is -0.870. The van der Waals surface area contributed by atoms with Gasteiger partial charge in [0.15, 0.2) is 0 Å². The molecule has 0 spiro atoms. The summed E-state index contributed by atoms with van der Waals surface area (Å²) in [7, 11) is 6.54. The number of hydrogen-bond donors (Lipinski definition) is 1. The van der Waals surface area contributed by atoms with Gasteiger partial charge in [0.05, 0.1) is 46.8 Å². The van der Waals surface area contributed by atoms with Crippen molar-refractivity contribution in [1.82, 2.24) is 14.4 Å². The largest absolute Gasteiger partial charge is 0.493 e. The monoisotopic (exact) mass is 581 g/mol. The van der Waals surface area contributed by atoms with E-state index in [4.69, 9.17) is 4.74 Å². The molecule has 1 aromatic heterocycles. The van der Waals surface area contributed by atoms with Crippen LogP contribution in [-0.4, -0.2) is 102 Å². The van der Waals surface area contributed by atoms with Gasteiger partial charge in [0.25, 0.3) is 0 Å². The van der Waals surface area contributed by atoms with Gasteiger partial charge >= 0.3 is 5.97 Å². The number of unbranched alkanes of at least 4 members (excludes halogenated alkanes) is 2. The number of carbonyl (C=O) groups is 2. The molecule has 2 aliphatic rings. The molecule has 0 radical (unpaired) electrons. The van der Waals surface area contributed by atoms with Crippen molar-refractivity contribution in [2.45, 2.75) is 64.0 Å². The maximum absolute atomic E-state index is 13.8. The minimum atomic E-state index is -0.861. The van der Waals surface area contributed by atoms with Gasteiger partial charge in [-0.15, -0.1) is 0 Å². The van der Waals surface area contributed by atoms with Crippen molar-refractivity contribution in [3.63, 3.8) is 0 Å². The van der Waals surface area contributed by atoms with Gasteiger partial charge < -0.3 is 23.8 Å². The predicted octanol–water partition coefficient (Wildman–Crippen LogP) is 3.46. The number of rotatable bonds is 15. The Bertz CT molecular complexity index is 1270. The van der Waals surface area contributed by atoms with E-state index in [1.54, 1.807) is 16.8 Å². The number of aromatic nitrogens is 1. The van der Waals surface area contributed by atoms with E-state index in [9.17, 15) is 19.5 Å². The predicted molar refractivity (Wildman–Crippen MR) is 164 cm³/mol. The summed E-state index contributed by atoms with van der Waals surface area (Å²) in [6.45, 7) is 6.32. The summed E-state index contributed by atoms with van der Waals surface area (Å²) in [5.74, 6) is -0.881. The number of carboxylic acids is 1. The fourth-order valence-electron chi connectivity index (χ4n) is 6.42. The quantitative estimate of drug-likeness (QED) is 0.256. The summed E-state index contributed by atoms with van der Waals surface area (Å²) in [5, 5.41) is 10.5. The lowest BCUT2D eigenvalue weighted by Gasteiger charge is -2.30. The Morgan fingerprint density at radius 1 is 1.10 bits per heavy atom. The normalized spacial score (nSPS) is 20.3. The van der Waals surface area contributed by atoms with Crippen LogP contribution in [0.25, 0.3) is 0 Å². The molecule has 42 heavy (non-hydrogen) atoms. The second-order valence-electron chi connectivity index (χ2n) is 12.9. The number of aryl methyl sites for hydroxylation is 1. The molecule has 230 valence electrons. The Morgan fingerprint density at radius 2 is 1.88 bits per heavy atom. The van der Waals surface area contributed by atoms with E-state index in [0.717, 1.165) is 60.0 Å². The van der Waals surface area contributed by atoms with Gasteiger partial charge in [0.2, 0.25) is 11.5 Å². The molecule has 1 fully saturated rings. The zero-order valence-corrected chi connectivity index (χ0v) is 25.8. The summed E-state index contributed by atoms with van der Waals surface area (Å²) in [6, 6.07) is 10.7. The third-order valence-corrected chi connectivity index (χ3v) is 8.72. The van der Waals surface area contributed by atoms with Gasteiger partial charge in [-0.25, -0.2) is 0 Å². The summed E-state index contributed by atoms with van der Waals surface area (Å²) < 4.78 is 8.21. The first-order valence-electron chi connectivity index (χ1n) is 15.5. The van der Waals surface area contributed by atoms with Crippen LogP contribution in [0, 0.1) is 5.92 Å². The highest BCUT2D eigenvalue weighted by Crippen LogP contribution is 2.41.